The fourth-order valence-electron chi connectivity index (χ4n) is 3.53. The Morgan fingerprint density at radius 3 is 2.39 bits per heavy atom. The monoisotopic (exact) mass is 461 g/mol. The zero-order valence-corrected chi connectivity index (χ0v) is 19.0. The molecule has 0 atom stereocenters. The summed E-state index contributed by atoms with van der Waals surface area (Å²) in [4.78, 5) is 17.3. The van der Waals surface area contributed by atoms with Gasteiger partial charge in [-0.25, -0.2) is 18.1 Å². The fourth-order valence-corrected chi connectivity index (χ4v) is 5.16. The van der Waals surface area contributed by atoms with Crippen molar-refractivity contribution in [3.63, 3.8) is 0 Å². The number of hydrogen-bond acceptors (Lipinski definition) is 5. The Morgan fingerprint density at radius 2 is 1.70 bits per heavy atom. The molecule has 1 N–H and O–H groups in total. The smallest absolute Gasteiger partial charge is 0.266 e. The van der Waals surface area contributed by atoms with E-state index in [0.717, 1.165) is 0 Å². The Kier molecular flexibility index (Phi) is 6.23. The summed E-state index contributed by atoms with van der Waals surface area (Å²) in [5.74, 6) is 0.124. The molecule has 33 heavy (non-hydrogen) atoms. The van der Waals surface area contributed by atoms with Crippen molar-refractivity contribution in [1.82, 2.24) is 14.8 Å². The fraction of sp³-hybridized carbons (Fsp3) is 0.125. The number of nitrogens with one attached hydrogen (secondary N) is 1. The van der Waals surface area contributed by atoms with Crippen molar-refractivity contribution in [2.24, 2.45) is 0 Å². The van der Waals surface area contributed by atoms with Gasteiger partial charge in [-0.2, -0.15) is 5.10 Å². The first-order valence-corrected chi connectivity index (χ1v) is 11.8. The number of aromatic nitrogens is 3. The van der Waals surface area contributed by atoms with Crippen molar-refractivity contribution in [1.29, 1.82) is 0 Å². The van der Waals surface area contributed by atoms with Crippen LogP contribution in [-0.2, 0) is 10.0 Å². The van der Waals surface area contributed by atoms with Gasteiger partial charge in [0.05, 0.1) is 28.8 Å². The average molecular weight is 462 g/mol. The van der Waals surface area contributed by atoms with Crippen molar-refractivity contribution in [2.75, 3.05) is 16.2 Å². The molecule has 2 aromatic heterocycles. The third-order valence-corrected chi connectivity index (χ3v) is 7.12. The van der Waals surface area contributed by atoms with Crippen LogP contribution in [0, 0.1) is 6.92 Å². The summed E-state index contributed by atoms with van der Waals surface area (Å²) in [5, 5.41) is 7.02. The second-order valence-corrected chi connectivity index (χ2v) is 9.03. The van der Waals surface area contributed by atoms with Gasteiger partial charge in [-0.3, -0.25) is 9.10 Å². The van der Waals surface area contributed by atoms with Crippen LogP contribution in [-0.4, -0.2) is 35.6 Å². The molecule has 0 bridgehead atoms. The molecule has 0 aliphatic carbocycles. The van der Waals surface area contributed by atoms with Crippen LogP contribution < -0.4 is 9.62 Å². The Balaban J connectivity index is 1.66. The molecular weight excluding hydrogens is 438 g/mol. The maximum Gasteiger partial charge on any atom is 0.266 e. The molecule has 2 heterocycles. The maximum absolute atomic E-state index is 13.5. The van der Waals surface area contributed by atoms with Gasteiger partial charge in [0.25, 0.3) is 15.9 Å². The van der Waals surface area contributed by atoms with Gasteiger partial charge in [0.1, 0.15) is 4.90 Å². The zero-order valence-electron chi connectivity index (χ0n) is 18.2. The second-order valence-electron chi connectivity index (χ2n) is 7.20. The van der Waals surface area contributed by atoms with Gasteiger partial charge in [-0.15, -0.1) is 0 Å². The summed E-state index contributed by atoms with van der Waals surface area (Å²) in [6.07, 6.45) is 3.09. The van der Waals surface area contributed by atoms with E-state index in [1.165, 1.54) is 16.6 Å². The van der Waals surface area contributed by atoms with Gasteiger partial charge >= 0.3 is 0 Å². The van der Waals surface area contributed by atoms with Gasteiger partial charge in [0.15, 0.2) is 5.82 Å². The molecule has 0 unspecified atom stereocenters. The number of carbonyl (C=O) groups excluding carboxylic acids is 1. The van der Waals surface area contributed by atoms with Crippen LogP contribution in [0.3, 0.4) is 0 Å². The predicted octanol–water partition coefficient (Wildman–Crippen LogP) is 4.04. The Labute approximate surface area is 192 Å². The maximum atomic E-state index is 13.5. The van der Waals surface area contributed by atoms with Crippen LogP contribution >= 0.6 is 0 Å². The van der Waals surface area contributed by atoms with E-state index in [2.05, 4.69) is 15.4 Å². The topological polar surface area (TPSA) is 97.2 Å². The lowest BCUT2D eigenvalue weighted by molar-refractivity contribution is 0.102. The molecule has 8 nitrogen and oxygen atoms in total. The van der Waals surface area contributed by atoms with Crippen LogP contribution in [0.2, 0.25) is 0 Å². The van der Waals surface area contributed by atoms with Gasteiger partial charge in [-0.05, 0) is 50.2 Å². The molecule has 0 fully saturated rings. The number of carbonyl (C=O) groups is 1. The van der Waals surface area contributed by atoms with Crippen molar-refractivity contribution in [3.8, 4) is 5.82 Å². The number of benzene rings is 2. The lowest BCUT2D eigenvalue weighted by Gasteiger charge is -2.24. The number of amides is 1. The minimum atomic E-state index is -3.92. The molecule has 0 aliphatic heterocycles. The highest BCUT2D eigenvalue weighted by Crippen LogP contribution is 2.29. The molecule has 0 aliphatic rings. The Bertz CT molecular complexity index is 1370. The second kappa shape index (κ2) is 9.25. The summed E-state index contributed by atoms with van der Waals surface area (Å²) >= 11 is 0. The molecule has 1 amide bonds. The van der Waals surface area contributed by atoms with Gasteiger partial charge in [-0.1, -0.05) is 36.4 Å². The van der Waals surface area contributed by atoms with Gasteiger partial charge < -0.3 is 5.32 Å². The van der Waals surface area contributed by atoms with Crippen LogP contribution in [0.4, 0.5) is 11.4 Å². The predicted molar refractivity (Wildman–Crippen MR) is 127 cm³/mol. The molecule has 0 saturated heterocycles. The molecule has 0 saturated carbocycles. The van der Waals surface area contributed by atoms with Crippen molar-refractivity contribution < 1.29 is 13.2 Å². The van der Waals surface area contributed by atoms with Crippen molar-refractivity contribution >= 4 is 27.3 Å². The summed E-state index contributed by atoms with van der Waals surface area (Å²) < 4.78 is 29.9. The van der Waals surface area contributed by atoms with Crippen molar-refractivity contribution in [2.45, 2.75) is 18.7 Å². The minimum absolute atomic E-state index is 0.0128. The van der Waals surface area contributed by atoms with E-state index in [-0.39, 0.29) is 17.1 Å². The minimum Gasteiger partial charge on any atom is -0.321 e. The molecular formula is C24H23N5O3S. The highest BCUT2D eigenvalue weighted by molar-refractivity contribution is 7.93. The largest absolute Gasteiger partial charge is 0.321 e. The van der Waals surface area contributed by atoms with Crippen molar-refractivity contribution in [3.05, 3.63) is 96.4 Å². The third kappa shape index (κ3) is 4.35. The first-order valence-electron chi connectivity index (χ1n) is 10.4. The number of nitrogens with zero attached hydrogens (tertiary/aromatic N) is 4. The van der Waals surface area contributed by atoms with Crippen LogP contribution in [0.25, 0.3) is 5.82 Å². The summed E-state index contributed by atoms with van der Waals surface area (Å²) in [6.45, 7) is 3.76. The third-order valence-electron chi connectivity index (χ3n) is 5.16. The number of sulfonamides is 1. The van der Waals surface area contributed by atoms with E-state index in [1.807, 2.05) is 12.1 Å². The molecule has 168 valence electrons. The lowest BCUT2D eigenvalue weighted by atomic mass is 10.2. The molecule has 2 aromatic carbocycles. The van der Waals surface area contributed by atoms with Crippen LogP contribution in [0.1, 0.15) is 23.0 Å². The van der Waals surface area contributed by atoms with Gasteiger partial charge in [0, 0.05) is 12.7 Å². The average Bonchev–Trinajstić information content (AvgIpc) is 3.22. The van der Waals surface area contributed by atoms with E-state index < -0.39 is 15.9 Å². The quantitative estimate of drug-likeness (QED) is 0.448. The standard InChI is InChI=1S/C24H23N5O3S/c1-3-28(19-11-5-4-6-12-19)33(31,32)22-14-8-7-13-21(22)27-24(30)20-17-26-29(18(20)2)23-15-9-10-16-25-23/h4-17H,3H2,1-2H3,(H,27,30). The highest BCUT2D eigenvalue weighted by Gasteiger charge is 2.27. The first-order chi connectivity index (χ1) is 15.9. The van der Waals surface area contributed by atoms with Gasteiger partial charge in [0.2, 0.25) is 0 Å². The molecule has 0 spiro atoms. The summed E-state index contributed by atoms with van der Waals surface area (Å²) in [7, 11) is -3.92. The number of rotatable bonds is 7. The van der Waals surface area contributed by atoms with E-state index >= 15 is 0 Å². The van der Waals surface area contributed by atoms with Crippen LogP contribution in [0.5, 0.6) is 0 Å². The van der Waals surface area contributed by atoms with E-state index in [9.17, 15) is 13.2 Å². The highest BCUT2D eigenvalue weighted by atomic mass is 32.2. The Morgan fingerprint density at radius 1 is 1.00 bits per heavy atom. The number of pyridine rings is 1. The SMILES string of the molecule is CCN(c1ccccc1)S(=O)(=O)c1ccccc1NC(=O)c1cnn(-c2ccccn2)c1C. The molecule has 4 rings (SSSR count). The van der Waals surface area contributed by atoms with E-state index in [1.54, 1.807) is 79.3 Å². The summed E-state index contributed by atoms with van der Waals surface area (Å²) in [6, 6.07) is 20.6. The number of hydrogen-bond donors (Lipinski definition) is 1. The summed E-state index contributed by atoms with van der Waals surface area (Å²) in [5.41, 5.74) is 1.66. The number of anilines is 2. The zero-order chi connectivity index (χ0) is 23.4. The lowest BCUT2D eigenvalue weighted by Crippen LogP contribution is -2.31. The van der Waals surface area contributed by atoms with Crippen LogP contribution in [0.15, 0.2) is 90.1 Å². The normalized spacial score (nSPS) is 11.2. The first kappa shape index (κ1) is 22.2. The number of para-hydroxylation sites is 2. The van der Waals surface area contributed by atoms with E-state index in [0.29, 0.717) is 22.8 Å². The van der Waals surface area contributed by atoms with E-state index in [4.69, 9.17) is 0 Å². The Hall–Kier alpha value is -3.98. The molecule has 9 heteroatoms. The molecule has 4 aromatic rings. The molecule has 0 radical (unpaired) electrons.